The molecule has 17 heavy (non-hydrogen) atoms. The number of aryl methyl sites for hydroxylation is 1. The quantitative estimate of drug-likeness (QED) is 0.875. The van der Waals surface area contributed by atoms with E-state index in [-0.39, 0.29) is 0 Å². The van der Waals surface area contributed by atoms with E-state index in [1.807, 2.05) is 30.3 Å². The highest BCUT2D eigenvalue weighted by Gasteiger charge is 1.99. The van der Waals surface area contributed by atoms with Crippen molar-refractivity contribution in [2.75, 3.05) is 0 Å². The summed E-state index contributed by atoms with van der Waals surface area (Å²) in [5.41, 5.74) is 7.65. The second-order valence-corrected chi connectivity index (χ2v) is 3.77. The van der Waals surface area contributed by atoms with Crippen LogP contribution < -0.4 is 10.5 Å². The van der Waals surface area contributed by atoms with Gasteiger partial charge >= 0.3 is 0 Å². The fourth-order valence-corrected chi connectivity index (χ4v) is 1.54. The Balaban J connectivity index is 2.13. The molecule has 2 rings (SSSR count). The molecule has 0 fully saturated rings. The van der Waals surface area contributed by atoms with Gasteiger partial charge in [-0.25, -0.2) is 4.98 Å². The van der Waals surface area contributed by atoms with Gasteiger partial charge in [0.2, 0.25) is 5.88 Å². The second kappa shape index (κ2) is 5.46. The van der Waals surface area contributed by atoms with E-state index >= 15 is 0 Å². The zero-order valence-electron chi connectivity index (χ0n) is 9.89. The Morgan fingerprint density at radius 3 is 2.53 bits per heavy atom. The summed E-state index contributed by atoms with van der Waals surface area (Å²) < 4.78 is 5.65. The molecule has 0 aliphatic carbocycles. The molecule has 2 aromatic rings. The zero-order chi connectivity index (χ0) is 12.1. The first-order valence-corrected chi connectivity index (χ1v) is 5.74. The van der Waals surface area contributed by atoms with Crippen molar-refractivity contribution in [2.45, 2.75) is 19.9 Å². The van der Waals surface area contributed by atoms with Crippen molar-refractivity contribution in [3.8, 4) is 11.6 Å². The first-order chi connectivity index (χ1) is 8.31. The highest BCUT2D eigenvalue weighted by Crippen LogP contribution is 2.20. The van der Waals surface area contributed by atoms with Crippen molar-refractivity contribution in [2.24, 2.45) is 5.73 Å². The maximum absolute atomic E-state index is 5.65. The smallest absolute Gasteiger partial charge is 0.219 e. The minimum atomic E-state index is 0.423. The van der Waals surface area contributed by atoms with E-state index in [0.717, 1.165) is 17.9 Å². The molecule has 3 heteroatoms. The van der Waals surface area contributed by atoms with Crippen LogP contribution in [0.15, 0.2) is 42.5 Å². The molecular formula is C14H16N2O. The van der Waals surface area contributed by atoms with Crippen LogP contribution in [0.2, 0.25) is 0 Å². The third-order valence-electron chi connectivity index (χ3n) is 2.54. The number of nitrogens with zero attached hydrogens (tertiary/aromatic N) is 1. The van der Waals surface area contributed by atoms with Crippen LogP contribution >= 0.6 is 0 Å². The van der Waals surface area contributed by atoms with E-state index in [4.69, 9.17) is 10.5 Å². The minimum absolute atomic E-state index is 0.423. The third kappa shape index (κ3) is 3.04. The second-order valence-electron chi connectivity index (χ2n) is 3.77. The van der Waals surface area contributed by atoms with Crippen LogP contribution in [-0.2, 0) is 13.0 Å². The zero-order valence-corrected chi connectivity index (χ0v) is 9.89. The summed E-state index contributed by atoms with van der Waals surface area (Å²) in [6.07, 6.45) is 1.03. The molecule has 1 aromatic heterocycles. The number of aromatic nitrogens is 1. The van der Waals surface area contributed by atoms with Crippen LogP contribution in [0.3, 0.4) is 0 Å². The van der Waals surface area contributed by atoms with E-state index in [0.29, 0.717) is 12.4 Å². The lowest BCUT2D eigenvalue weighted by atomic mass is 10.2. The van der Waals surface area contributed by atoms with Crippen LogP contribution in [-0.4, -0.2) is 4.98 Å². The lowest BCUT2D eigenvalue weighted by Crippen LogP contribution is -2.00. The fraction of sp³-hybridized carbons (Fsp3) is 0.214. The van der Waals surface area contributed by atoms with E-state index < -0.39 is 0 Å². The Morgan fingerprint density at radius 2 is 1.88 bits per heavy atom. The molecule has 0 saturated heterocycles. The number of pyridine rings is 1. The van der Waals surface area contributed by atoms with Crippen LogP contribution in [0.5, 0.6) is 11.6 Å². The van der Waals surface area contributed by atoms with Gasteiger partial charge in [-0.15, -0.1) is 0 Å². The van der Waals surface area contributed by atoms with Crippen LogP contribution in [0.4, 0.5) is 0 Å². The summed E-state index contributed by atoms with van der Waals surface area (Å²) >= 11 is 0. The summed E-state index contributed by atoms with van der Waals surface area (Å²) in [5, 5.41) is 0. The van der Waals surface area contributed by atoms with Gasteiger partial charge in [0.1, 0.15) is 5.75 Å². The van der Waals surface area contributed by atoms with Crippen molar-refractivity contribution in [3.63, 3.8) is 0 Å². The molecule has 0 spiro atoms. The first-order valence-electron chi connectivity index (χ1n) is 5.74. The lowest BCUT2D eigenvalue weighted by molar-refractivity contribution is 0.460. The maximum Gasteiger partial charge on any atom is 0.219 e. The maximum atomic E-state index is 5.65. The number of rotatable bonds is 4. The summed E-state index contributed by atoms with van der Waals surface area (Å²) in [7, 11) is 0. The predicted octanol–water partition coefficient (Wildman–Crippen LogP) is 2.90. The van der Waals surface area contributed by atoms with E-state index in [2.05, 4.69) is 24.0 Å². The van der Waals surface area contributed by atoms with Gasteiger partial charge in [0.05, 0.1) is 5.69 Å². The lowest BCUT2D eigenvalue weighted by Gasteiger charge is -2.06. The van der Waals surface area contributed by atoms with Gasteiger partial charge in [0.25, 0.3) is 0 Å². The van der Waals surface area contributed by atoms with E-state index in [1.54, 1.807) is 0 Å². The molecule has 88 valence electrons. The largest absolute Gasteiger partial charge is 0.439 e. The van der Waals surface area contributed by atoms with E-state index in [9.17, 15) is 0 Å². The Hall–Kier alpha value is -1.87. The molecule has 0 unspecified atom stereocenters. The highest BCUT2D eigenvalue weighted by molar-refractivity contribution is 5.30. The molecule has 3 nitrogen and oxygen atoms in total. The average Bonchev–Trinajstić information content (AvgIpc) is 2.40. The van der Waals surface area contributed by atoms with Gasteiger partial charge in [0.15, 0.2) is 0 Å². The number of hydrogen-bond donors (Lipinski definition) is 1. The van der Waals surface area contributed by atoms with Crippen molar-refractivity contribution in [1.29, 1.82) is 0 Å². The highest BCUT2D eigenvalue weighted by atomic mass is 16.5. The molecule has 1 heterocycles. The average molecular weight is 228 g/mol. The van der Waals surface area contributed by atoms with Gasteiger partial charge in [-0.3, -0.25) is 0 Å². The molecule has 0 saturated carbocycles. The predicted molar refractivity (Wildman–Crippen MR) is 68.0 cm³/mol. The SMILES string of the molecule is CCc1ccc(Oc2cccc(CN)n2)cc1. The van der Waals surface area contributed by atoms with Crippen molar-refractivity contribution in [3.05, 3.63) is 53.7 Å². The first kappa shape index (κ1) is 11.6. The number of ether oxygens (including phenoxy) is 1. The molecule has 0 amide bonds. The number of hydrogen-bond acceptors (Lipinski definition) is 3. The Morgan fingerprint density at radius 1 is 1.12 bits per heavy atom. The molecule has 0 atom stereocenters. The Kier molecular flexibility index (Phi) is 3.73. The standard InChI is InChI=1S/C14H16N2O/c1-2-11-6-8-13(9-7-11)17-14-5-3-4-12(10-15)16-14/h3-9H,2,10,15H2,1H3. The summed E-state index contributed by atoms with van der Waals surface area (Å²) in [5.74, 6) is 1.38. The molecule has 0 bridgehead atoms. The van der Waals surface area contributed by atoms with Gasteiger partial charge in [-0.05, 0) is 30.2 Å². The molecule has 2 N–H and O–H groups in total. The number of nitrogens with two attached hydrogens (primary N) is 1. The van der Waals surface area contributed by atoms with Gasteiger partial charge in [-0.1, -0.05) is 25.1 Å². The summed E-state index contributed by atoms with van der Waals surface area (Å²) in [6, 6.07) is 13.6. The summed E-state index contributed by atoms with van der Waals surface area (Å²) in [6.45, 7) is 2.55. The topological polar surface area (TPSA) is 48.1 Å². The van der Waals surface area contributed by atoms with E-state index in [1.165, 1.54) is 5.56 Å². The van der Waals surface area contributed by atoms with Crippen molar-refractivity contribution in [1.82, 2.24) is 4.98 Å². The van der Waals surface area contributed by atoms with Crippen LogP contribution in [0.25, 0.3) is 0 Å². The number of benzene rings is 1. The molecule has 0 radical (unpaired) electrons. The molecule has 1 aromatic carbocycles. The minimum Gasteiger partial charge on any atom is -0.439 e. The molecule has 0 aliphatic rings. The van der Waals surface area contributed by atoms with Crippen molar-refractivity contribution >= 4 is 0 Å². The van der Waals surface area contributed by atoms with Gasteiger partial charge < -0.3 is 10.5 Å². The van der Waals surface area contributed by atoms with Crippen LogP contribution in [0, 0.1) is 0 Å². The molecule has 0 aliphatic heterocycles. The van der Waals surface area contributed by atoms with Gasteiger partial charge in [-0.2, -0.15) is 0 Å². The Labute approximate surface area is 101 Å². The van der Waals surface area contributed by atoms with Crippen LogP contribution in [0.1, 0.15) is 18.2 Å². The summed E-state index contributed by atoms with van der Waals surface area (Å²) in [4.78, 5) is 4.28. The molecular weight excluding hydrogens is 212 g/mol. The Bertz CT molecular complexity index is 480. The third-order valence-corrected chi connectivity index (χ3v) is 2.54. The van der Waals surface area contributed by atoms with Crippen molar-refractivity contribution < 1.29 is 4.74 Å². The normalized spacial score (nSPS) is 10.2. The monoisotopic (exact) mass is 228 g/mol. The van der Waals surface area contributed by atoms with Gasteiger partial charge in [0, 0.05) is 12.6 Å². The fourth-order valence-electron chi connectivity index (χ4n) is 1.54.